The van der Waals surface area contributed by atoms with Crippen molar-refractivity contribution in [1.29, 1.82) is 0 Å². The molecule has 0 radical (unpaired) electrons. The molecule has 2 aromatic rings. The molecule has 0 unspecified atom stereocenters. The Bertz CT molecular complexity index is 817. The maximum Gasteiger partial charge on any atom is 0.233 e. The van der Waals surface area contributed by atoms with Gasteiger partial charge in [0.2, 0.25) is 5.91 Å². The molecule has 0 N–H and O–H groups in total. The van der Waals surface area contributed by atoms with E-state index in [2.05, 4.69) is 16.8 Å². The molecule has 1 saturated heterocycles. The molecular formula is C20H27N3OS2. The van der Waals surface area contributed by atoms with Crippen LogP contribution in [0.1, 0.15) is 61.7 Å². The lowest BCUT2D eigenvalue weighted by Gasteiger charge is -2.35. The zero-order valence-electron chi connectivity index (χ0n) is 15.7. The zero-order chi connectivity index (χ0) is 18.1. The molecule has 3 heterocycles. The molecule has 1 aliphatic heterocycles. The smallest absolute Gasteiger partial charge is 0.233 e. The number of thiophene rings is 1. The van der Waals surface area contributed by atoms with Gasteiger partial charge in [0.05, 0.1) is 5.75 Å². The van der Waals surface area contributed by atoms with Gasteiger partial charge in [-0.05, 0) is 63.9 Å². The molecule has 26 heavy (non-hydrogen) atoms. The van der Waals surface area contributed by atoms with Crippen LogP contribution in [-0.4, -0.2) is 39.1 Å². The van der Waals surface area contributed by atoms with Crippen molar-refractivity contribution in [3.63, 3.8) is 0 Å². The van der Waals surface area contributed by atoms with Gasteiger partial charge in [0, 0.05) is 22.8 Å². The number of carbonyl (C=O) groups is 1. The van der Waals surface area contributed by atoms with Crippen molar-refractivity contribution < 1.29 is 4.79 Å². The summed E-state index contributed by atoms with van der Waals surface area (Å²) in [5.74, 6) is 1.58. The summed E-state index contributed by atoms with van der Waals surface area (Å²) < 4.78 is 0. The van der Waals surface area contributed by atoms with E-state index < -0.39 is 0 Å². The van der Waals surface area contributed by atoms with Crippen LogP contribution >= 0.6 is 23.1 Å². The average molecular weight is 390 g/mol. The highest BCUT2D eigenvalue weighted by Gasteiger charge is 2.26. The fourth-order valence-electron chi connectivity index (χ4n) is 4.30. The number of rotatable bonds is 4. The third-order valence-corrected chi connectivity index (χ3v) is 7.79. The van der Waals surface area contributed by atoms with Crippen molar-refractivity contribution in [1.82, 2.24) is 14.9 Å². The number of hydrogen-bond acceptors (Lipinski definition) is 5. The van der Waals surface area contributed by atoms with Crippen molar-refractivity contribution >= 4 is 39.2 Å². The number of likely N-dealkylation sites (tertiary alicyclic amines) is 1. The van der Waals surface area contributed by atoms with E-state index >= 15 is 0 Å². The van der Waals surface area contributed by atoms with Crippen molar-refractivity contribution in [2.45, 2.75) is 76.3 Å². The number of aromatic nitrogens is 2. The van der Waals surface area contributed by atoms with Gasteiger partial charge in [0.1, 0.15) is 15.7 Å². The molecule has 4 nitrogen and oxygen atoms in total. The quantitative estimate of drug-likeness (QED) is 0.559. The highest BCUT2D eigenvalue weighted by molar-refractivity contribution is 8.00. The van der Waals surface area contributed by atoms with Crippen LogP contribution in [-0.2, 0) is 17.6 Å². The first-order chi connectivity index (χ1) is 12.7. The van der Waals surface area contributed by atoms with Crippen molar-refractivity contribution in [2.75, 3.05) is 12.3 Å². The minimum Gasteiger partial charge on any atom is -0.339 e. The zero-order valence-corrected chi connectivity index (χ0v) is 17.3. The first kappa shape index (κ1) is 18.2. The third-order valence-electron chi connectivity index (χ3n) is 5.64. The van der Waals surface area contributed by atoms with Gasteiger partial charge in [0.25, 0.3) is 0 Å². The van der Waals surface area contributed by atoms with E-state index in [-0.39, 0.29) is 5.91 Å². The Labute approximate surface area is 163 Å². The second-order valence-corrected chi connectivity index (χ2v) is 9.45. The van der Waals surface area contributed by atoms with E-state index in [9.17, 15) is 4.79 Å². The number of thioether (sulfide) groups is 1. The first-order valence-electron chi connectivity index (χ1n) is 9.88. The highest BCUT2D eigenvalue weighted by Crippen LogP contribution is 2.39. The number of nitrogens with zero attached hydrogens (tertiary/aromatic N) is 3. The van der Waals surface area contributed by atoms with E-state index in [1.807, 2.05) is 18.3 Å². The van der Waals surface area contributed by atoms with Gasteiger partial charge in [-0.1, -0.05) is 18.7 Å². The molecule has 0 saturated carbocycles. The molecule has 6 heteroatoms. The van der Waals surface area contributed by atoms with Crippen LogP contribution in [0.2, 0.25) is 0 Å². The summed E-state index contributed by atoms with van der Waals surface area (Å²) in [6.45, 7) is 5.07. The largest absolute Gasteiger partial charge is 0.339 e. The predicted molar refractivity (Wildman–Crippen MR) is 109 cm³/mol. The van der Waals surface area contributed by atoms with Crippen molar-refractivity contribution in [3.8, 4) is 0 Å². The molecule has 0 aromatic carbocycles. The van der Waals surface area contributed by atoms with Crippen LogP contribution in [0.4, 0.5) is 0 Å². The number of aryl methyl sites for hydroxylation is 3. The van der Waals surface area contributed by atoms with Crippen LogP contribution in [0.15, 0.2) is 5.03 Å². The monoisotopic (exact) mass is 389 g/mol. The molecule has 1 aliphatic carbocycles. The van der Waals surface area contributed by atoms with Gasteiger partial charge in [-0.3, -0.25) is 4.79 Å². The average Bonchev–Trinajstić information content (AvgIpc) is 3.03. The Morgan fingerprint density at radius 1 is 1.23 bits per heavy atom. The van der Waals surface area contributed by atoms with Crippen molar-refractivity contribution in [2.24, 2.45) is 0 Å². The fourth-order valence-corrected chi connectivity index (χ4v) is 6.65. The molecule has 1 amide bonds. The second-order valence-electron chi connectivity index (χ2n) is 7.40. The number of amides is 1. The standard InChI is InChI=1S/C20H27N3OS2/c1-3-14-8-6-7-11-23(14)17(24)12-25-19-18-15-9-4-5-10-16(15)26-20(18)22-13(2)21-19/h14H,3-12H2,1-2H3/t14-/m0/s1. The van der Waals surface area contributed by atoms with Gasteiger partial charge in [-0.2, -0.15) is 0 Å². The fraction of sp³-hybridized carbons (Fsp3) is 0.650. The van der Waals surface area contributed by atoms with E-state index in [4.69, 9.17) is 4.98 Å². The van der Waals surface area contributed by atoms with Crippen LogP contribution < -0.4 is 0 Å². The third kappa shape index (κ3) is 3.50. The Kier molecular flexibility index (Phi) is 5.50. The normalized spacial score (nSPS) is 20.4. The number of fused-ring (bicyclic) bond motifs is 3. The molecule has 140 valence electrons. The molecule has 0 spiro atoms. The Morgan fingerprint density at radius 2 is 2.08 bits per heavy atom. The lowest BCUT2D eigenvalue weighted by Crippen LogP contribution is -2.44. The molecule has 1 fully saturated rings. The Morgan fingerprint density at radius 3 is 2.92 bits per heavy atom. The number of piperidine rings is 1. The maximum absolute atomic E-state index is 12.9. The first-order valence-corrected chi connectivity index (χ1v) is 11.7. The topological polar surface area (TPSA) is 46.1 Å². The van der Waals surface area contributed by atoms with Gasteiger partial charge in [0.15, 0.2) is 0 Å². The predicted octanol–water partition coefficient (Wildman–Crippen LogP) is 4.76. The van der Waals surface area contributed by atoms with Crippen LogP contribution in [0, 0.1) is 6.92 Å². The lowest BCUT2D eigenvalue weighted by atomic mass is 9.97. The van der Waals surface area contributed by atoms with Crippen LogP contribution in [0.25, 0.3) is 10.2 Å². The summed E-state index contributed by atoms with van der Waals surface area (Å²) in [6.07, 6.45) is 9.44. The molecule has 2 aromatic heterocycles. The second kappa shape index (κ2) is 7.85. The summed E-state index contributed by atoms with van der Waals surface area (Å²) >= 11 is 3.45. The van der Waals surface area contributed by atoms with Gasteiger partial charge in [-0.25, -0.2) is 9.97 Å². The molecule has 4 rings (SSSR count). The Hall–Kier alpha value is -1.14. The summed E-state index contributed by atoms with van der Waals surface area (Å²) in [6, 6.07) is 0.429. The minimum absolute atomic E-state index is 0.273. The molecular weight excluding hydrogens is 362 g/mol. The van der Waals surface area contributed by atoms with E-state index in [1.54, 1.807) is 11.8 Å². The summed E-state index contributed by atoms with van der Waals surface area (Å²) in [4.78, 5) is 27.0. The van der Waals surface area contributed by atoms with E-state index in [0.717, 1.165) is 47.9 Å². The van der Waals surface area contributed by atoms with Crippen LogP contribution in [0.5, 0.6) is 0 Å². The highest BCUT2D eigenvalue weighted by atomic mass is 32.2. The van der Waals surface area contributed by atoms with Crippen molar-refractivity contribution in [3.05, 3.63) is 16.3 Å². The van der Waals surface area contributed by atoms with Crippen LogP contribution in [0.3, 0.4) is 0 Å². The summed E-state index contributed by atoms with van der Waals surface area (Å²) in [5.41, 5.74) is 1.45. The SMILES string of the molecule is CC[C@H]1CCCCN1C(=O)CSc1nc(C)nc2sc3c(c12)CCCC3. The van der Waals surface area contributed by atoms with E-state index in [1.165, 1.54) is 41.5 Å². The minimum atomic E-state index is 0.273. The molecule has 0 bridgehead atoms. The van der Waals surface area contributed by atoms with Gasteiger partial charge >= 0.3 is 0 Å². The Balaban J connectivity index is 1.57. The number of carbonyl (C=O) groups excluding carboxylic acids is 1. The summed E-state index contributed by atoms with van der Waals surface area (Å²) in [5, 5.41) is 2.25. The van der Waals surface area contributed by atoms with Gasteiger partial charge < -0.3 is 4.90 Å². The molecule has 1 atom stereocenters. The van der Waals surface area contributed by atoms with E-state index in [0.29, 0.717) is 11.8 Å². The molecule has 2 aliphatic rings. The lowest BCUT2D eigenvalue weighted by molar-refractivity contribution is -0.132. The number of hydrogen-bond donors (Lipinski definition) is 0. The summed E-state index contributed by atoms with van der Waals surface area (Å²) in [7, 11) is 0. The maximum atomic E-state index is 12.9. The van der Waals surface area contributed by atoms with Gasteiger partial charge in [-0.15, -0.1) is 11.3 Å².